The first-order valence-corrected chi connectivity index (χ1v) is 2.50. The Bertz CT molecular complexity index is 134. The van der Waals surface area contributed by atoms with Gasteiger partial charge in [-0.1, -0.05) is 6.92 Å². The summed E-state index contributed by atoms with van der Waals surface area (Å²) < 4.78 is 0. The summed E-state index contributed by atoms with van der Waals surface area (Å²) >= 11 is 0. The van der Waals surface area contributed by atoms with E-state index in [1.807, 2.05) is 13.3 Å². The van der Waals surface area contributed by atoms with E-state index in [9.17, 15) is 0 Å². The monoisotopic (exact) mass is 111 g/mol. The number of hydrogen-bond donors (Lipinski definition) is 1. The van der Waals surface area contributed by atoms with Gasteiger partial charge in [-0.05, 0) is 16.8 Å². The first-order valence-electron chi connectivity index (χ1n) is 2.50. The zero-order chi connectivity index (χ0) is 5.82. The molecule has 0 aliphatic rings. The van der Waals surface area contributed by atoms with Gasteiger partial charge in [-0.15, -0.1) is 5.10 Å². The van der Waals surface area contributed by atoms with Crippen LogP contribution >= 0.6 is 0 Å². The van der Waals surface area contributed by atoms with Gasteiger partial charge in [-0.25, -0.2) is 5.10 Å². The van der Waals surface area contributed by atoms with Crippen LogP contribution in [-0.4, -0.2) is 20.6 Å². The van der Waals surface area contributed by atoms with Crippen molar-refractivity contribution in [3.8, 4) is 0 Å². The molecule has 0 fully saturated rings. The molecule has 1 aromatic heterocycles. The molecule has 4 heteroatoms. The van der Waals surface area contributed by atoms with Crippen LogP contribution in [0.15, 0.2) is 0 Å². The van der Waals surface area contributed by atoms with Crippen molar-refractivity contribution in [1.29, 1.82) is 0 Å². The van der Waals surface area contributed by atoms with Gasteiger partial charge in [-0.3, -0.25) is 0 Å². The third kappa shape index (κ3) is 1.02. The second-order valence-corrected chi connectivity index (χ2v) is 1.40. The minimum Gasteiger partial charge on any atom is -0.243 e. The van der Waals surface area contributed by atoms with E-state index in [0.29, 0.717) is 0 Å². The molecule has 0 atom stereocenters. The highest BCUT2D eigenvalue weighted by Gasteiger charge is 1.91. The predicted octanol–water partition coefficient (Wildman–Crippen LogP) is 0.162. The number of rotatable bonds is 2. The fraction of sp³-hybridized carbons (Fsp3) is 0.500. The highest BCUT2D eigenvalue weighted by atomic mass is 15.5. The number of tetrazole rings is 1. The zero-order valence-electron chi connectivity index (χ0n) is 4.63. The van der Waals surface area contributed by atoms with Crippen molar-refractivity contribution in [2.75, 3.05) is 0 Å². The number of nitrogens with zero attached hydrogens (tertiary/aromatic N) is 3. The molecule has 0 bridgehead atoms. The molecule has 1 aromatic rings. The van der Waals surface area contributed by atoms with Gasteiger partial charge in [0, 0.05) is 6.42 Å². The van der Waals surface area contributed by atoms with Crippen LogP contribution in [0.1, 0.15) is 19.2 Å². The summed E-state index contributed by atoms with van der Waals surface area (Å²) in [5.41, 5.74) is 0. The summed E-state index contributed by atoms with van der Waals surface area (Å²) in [6.45, 7) is 2.03. The standard InChI is InChI=1S/C4H7N4/c1-2-3-4-5-7-8-6-4/h3H,2H2,1H3,(H,5,6,7,8). The average Bonchev–Trinajstić information content (AvgIpc) is 2.19. The molecule has 0 aliphatic heterocycles. The summed E-state index contributed by atoms with van der Waals surface area (Å²) in [5, 5.41) is 13.0. The van der Waals surface area contributed by atoms with Crippen molar-refractivity contribution in [3.63, 3.8) is 0 Å². The molecule has 1 N–H and O–H groups in total. The average molecular weight is 111 g/mol. The van der Waals surface area contributed by atoms with Crippen molar-refractivity contribution in [2.24, 2.45) is 0 Å². The van der Waals surface area contributed by atoms with Crippen molar-refractivity contribution in [2.45, 2.75) is 13.3 Å². The van der Waals surface area contributed by atoms with Crippen LogP contribution in [0, 0.1) is 6.42 Å². The van der Waals surface area contributed by atoms with Crippen LogP contribution in [0.25, 0.3) is 0 Å². The third-order valence-electron chi connectivity index (χ3n) is 0.759. The van der Waals surface area contributed by atoms with Gasteiger partial charge < -0.3 is 0 Å². The Labute approximate surface area is 47.3 Å². The molecule has 0 saturated heterocycles. The summed E-state index contributed by atoms with van der Waals surface area (Å²) in [7, 11) is 0. The molecule has 0 spiro atoms. The Balaban J connectivity index is 2.50. The first kappa shape index (κ1) is 5.21. The van der Waals surface area contributed by atoms with E-state index in [2.05, 4.69) is 20.6 Å². The molecule has 1 radical (unpaired) electrons. The van der Waals surface area contributed by atoms with Crippen LogP contribution in [0.5, 0.6) is 0 Å². The minimum absolute atomic E-state index is 0.743. The molecular weight excluding hydrogens is 104 g/mol. The highest BCUT2D eigenvalue weighted by Crippen LogP contribution is 1.91. The normalized spacial score (nSPS) is 9.62. The van der Waals surface area contributed by atoms with Crippen molar-refractivity contribution >= 4 is 0 Å². The van der Waals surface area contributed by atoms with Crippen LogP contribution in [-0.2, 0) is 0 Å². The molecule has 4 nitrogen and oxygen atoms in total. The molecule has 0 aromatic carbocycles. The SMILES string of the molecule is CC[CH]c1nnn[nH]1. The fourth-order valence-electron chi connectivity index (χ4n) is 0.446. The molecule has 8 heavy (non-hydrogen) atoms. The van der Waals surface area contributed by atoms with Gasteiger partial charge in [0.2, 0.25) is 0 Å². The minimum atomic E-state index is 0.743. The van der Waals surface area contributed by atoms with Gasteiger partial charge in [0.25, 0.3) is 0 Å². The van der Waals surface area contributed by atoms with Gasteiger partial charge >= 0.3 is 0 Å². The van der Waals surface area contributed by atoms with E-state index < -0.39 is 0 Å². The van der Waals surface area contributed by atoms with Crippen molar-refractivity contribution in [1.82, 2.24) is 20.6 Å². The van der Waals surface area contributed by atoms with E-state index in [-0.39, 0.29) is 0 Å². The zero-order valence-corrected chi connectivity index (χ0v) is 4.63. The molecule has 0 unspecified atom stereocenters. The Kier molecular flexibility index (Phi) is 1.56. The lowest BCUT2D eigenvalue weighted by Gasteiger charge is -1.81. The first-order chi connectivity index (χ1) is 3.93. The smallest absolute Gasteiger partial charge is 0.152 e. The molecule has 0 saturated carbocycles. The summed E-state index contributed by atoms with van der Waals surface area (Å²) in [6.07, 6.45) is 2.87. The number of aromatic amines is 1. The van der Waals surface area contributed by atoms with Crippen molar-refractivity contribution in [3.05, 3.63) is 12.2 Å². The molecule has 1 rings (SSSR count). The maximum Gasteiger partial charge on any atom is 0.152 e. The van der Waals surface area contributed by atoms with Gasteiger partial charge in [0.05, 0.1) is 0 Å². The van der Waals surface area contributed by atoms with E-state index in [1.165, 1.54) is 0 Å². The van der Waals surface area contributed by atoms with Crippen LogP contribution in [0.3, 0.4) is 0 Å². The van der Waals surface area contributed by atoms with E-state index in [1.54, 1.807) is 0 Å². The molecular formula is C4H7N4. The Hall–Kier alpha value is -0.930. The lowest BCUT2D eigenvalue weighted by atomic mass is 10.3. The lowest BCUT2D eigenvalue weighted by molar-refractivity contribution is 0.881. The second kappa shape index (κ2) is 2.40. The maximum atomic E-state index is 3.63. The summed E-state index contributed by atoms with van der Waals surface area (Å²) in [6, 6.07) is 0. The number of H-pyrrole nitrogens is 1. The van der Waals surface area contributed by atoms with Gasteiger partial charge in [0.15, 0.2) is 5.82 Å². The van der Waals surface area contributed by atoms with Crippen molar-refractivity contribution < 1.29 is 0 Å². The second-order valence-electron chi connectivity index (χ2n) is 1.40. The van der Waals surface area contributed by atoms with E-state index in [4.69, 9.17) is 0 Å². The predicted molar refractivity (Wildman–Crippen MR) is 27.9 cm³/mol. The number of aromatic nitrogens is 4. The molecule has 43 valence electrons. The van der Waals surface area contributed by atoms with Gasteiger partial charge in [0.1, 0.15) is 0 Å². The van der Waals surface area contributed by atoms with Crippen LogP contribution in [0.4, 0.5) is 0 Å². The topological polar surface area (TPSA) is 54.5 Å². The number of hydrogen-bond acceptors (Lipinski definition) is 3. The van der Waals surface area contributed by atoms with E-state index >= 15 is 0 Å². The quantitative estimate of drug-likeness (QED) is 0.591. The van der Waals surface area contributed by atoms with Crippen LogP contribution in [0.2, 0.25) is 0 Å². The molecule has 0 aliphatic carbocycles. The van der Waals surface area contributed by atoms with Crippen LogP contribution < -0.4 is 0 Å². The lowest BCUT2D eigenvalue weighted by Crippen LogP contribution is -1.81. The summed E-state index contributed by atoms with van der Waals surface area (Å²) in [4.78, 5) is 0. The Morgan fingerprint density at radius 3 is 3.12 bits per heavy atom. The number of nitrogens with one attached hydrogen (secondary N) is 1. The third-order valence-corrected chi connectivity index (χ3v) is 0.759. The van der Waals surface area contributed by atoms with E-state index in [0.717, 1.165) is 12.2 Å². The molecule has 1 heterocycles. The largest absolute Gasteiger partial charge is 0.243 e. The highest BCUT2D eigenvalue weighted by molar-refractivity contribution is 4.92. The van der Waals surface area contributed by atoms with Gasteiger partial charge in [-0.2, -0.15) is 0 Å². The Morgan fingerprint density at radius 1 is 1.75 bits per heavy atom. The summed E-state index contributed by atoms with van der Waals surface area (Å²) in [5.74, 6) is 0.743. The fourth-order valence-corrected chi connectivity index (χ4v) is 0.446. The Morgan fingerprint density at radius 2 is 2.62 bits per heavy atom. The maximum absolute atomic E-state index is 3.63. The molecule has 0 amide bonds.